The number of aromatic nitrogens is 1. The molecule has 1 aromatic heterocycles. The number of amides is 1. The molecule has 10 nitrogen and oxygen atoms in total. The van der Waals surface area contributed by atoms with Crippen molar-refractivity contribution in [3.8, 4) is 0 Å². The number of benzene rings is 2. The van der Waals surface area contributed by atoms with Gasteiger partial charge in [-0.15, -0.1) is 0 Å². The zero-order valence-corrected chi connectivity index (χ0v) is 16.1. The number of oxazole rings is 1. The van der Waals surface area contributed by atoms with Crippen molar-refractivity contribution in [2.24, 2.45) is 0 Å². The number of nitro groups is 1. The fraction of sp³-hybridized carbons (Fsp3) is 0.250. The Morgan fingerprint density at radius 3 is 2.77 bits per heavy atom. The summed E-state index contributed by atoms with van der Waals surface area (Å²) < 4.78 is 11.7. The number of hydrogen-bond acceptors (Lipinski definition) is 7. The fourth-order valence-electron chi connectivity index (χ4n) is 2.86. The van der Waals surface area contributed by atoms with E-state index in [1.165, 1.54) is 35.8 Å². The Labute approximate surface area is 170 Å². The van der Waals surface area contributed by atoms with Gasteiger partial charge in [-0.3, -0.25) is 24.3 Å². The molecule has 1 unspecified atom stereocenters. The molecular weight excluding hydrogens is 394 g/mol. The minimum absolute atomic E-state index is 0.000373. The first-order valence-electron chi connectivity index (χ1n) is 9.18. The van der Waals surface area contributed by atoms with Crippen LogP contribution in [0, 0.1) is 10.1 Å². The Kier molecular flexibility index (Phi) is 6.26. The number of ether oxygens (including phenoxy) is 1. The number of carbonyl (C=O) groups is 2. The summed E-state index contributed by atoms with van der Waals surface area (Å²) in [6.45, 7) is 1.66. The summed E-state index contributed by atoms with van der Waals surface area (Å²) in [7, 11) is 0. The average Bonchev–Trinajstić information content (AvgIpc) is 3.03. The molecule has 0 aliphatic heterocycles. The zero-order valence-electron chi connectivity index (χ0n) is 16.1. The number of rotatable bonds is 8. The van der Waals surface area contributed by atoms with Gasteiger partial charge >= 0.3 is 11.7 Å². The fourth-order valence-corrected chi connectivity index (χ4v) is 2.86. The summed E-state index contributed by atoms with van der Waals surface area (Å²) in [6.07, 6.45) is -0.767. The molecule has 30 heavy (non-hydrogen) atoms. The van der Waals surface area contributed by atoms with Crippen molar-refractivity contribution in [3.05, 3.63) is 69.2 Å². The lowest BCUT2D eigenvalue weighted by Gasteiger charge is -2.13. The third-order valence-electron chi connectivity index (χ3n) is 4.34. The van der Waals surface area contributed by atoms with Gasteiger partial charge in [0.05, 0.1) is 10.4 Å². The van der Waals surface area contributed by atoms with E-state index in [2.05, 4.69) is 5.32 Å². The Balaban J connectivity index is 1.50. The number of esters is 1. The van der Waals surface area contributed by atoms with E-state index in [4.69, 9.17) is 9.15 Å². The van der Waals surface area contributed by atoms with Crippen LogP contribution in [0.25, 0.3) is 11.1 Å². The lowest BCUT2D eigenvalue weighted by Crippen LogP contribution is -2.30. The van der Waals surface area contributed by atoms with Crippen LogP contribution in [0.4, 0.5) is 11.4 Å². The van der Waals surface area contributed by atoms with Crippen LogP contribution < -0.4 is 11.1 Å². The lowest BCUT2D eigenvalue weighted by molar-refractivity contribution is -0.384. The summed E-state index contributed by atoms with van der Waals surface area (Å²) in [6, 6.07) is 12.4. The Morgan fingerprint density at radius 1 is 1.23 bits per heavy atom. The van der Waals surface area contributed by atoms with E-state index in [1.54, 1.807) is 24.3 Å². The van der Waals surface area contributed by atoms with Crippen molar-refractivity contribution < 1.29 is 23.7 Å². The number of nitrogens with one attached hydrogen (secondary N) is 1. The van der Waals surface area contributed by atoms with Gasteiger partial charge in [0.1, 0.15) is 0 Å². The Hall–Kier alpha value is -3.95. The molecule has 0 fully saturated rings. The molecule has 0 saturated heterocycles. The SMILES string of the molecule is CC(OC(=O)CCCn1c(=O)oc2ccccc21)C(=O)Nc1cccc([N+](=O)[O-])c1. The molecule has 1 atom stereocenters. The highest BCUT2D eigenvalue weighted by molar-refractivity contribution is 5.95. The zero-order chi connectivity index (χ0) is 21.7. The molecule has 0 saturated carbocycles. The Bertz CT molecular complexity index is 1150. The molecule has 3 aromatic rings. The number of anilines is 1. The first-order valence-corrected chi connectivity index (χ1v) is 9.18. The molecule has 0 aliphatic carbocycles. The molecule has 10 heteroatoms. The second-order valence-electron chi connectivity index (χ2n) is 6.52. The van der Waals surface area contributed by atoms with Gasteiger partial charge in [0, 0.05) is 30.8 Å². The predicted octanol–water partition coefficient (Wildman–Crippen LogP) is 2.85. The lowest BCUT2D eigenvalue weighted by atomic mass is 10.2. The molecular formula is C20H19N3O7. The molecule has 3 rings (SSSR count). The first-order chi connectivity index (χ1) is 14.3. The number of carbonyl (C=O) groups excluding carboxylic acids is 2. The van der Waals surface area contributed by atoms with Gasteiger partial charge in [-0.1, -0.05) is 18.2 Å². The van der Waals surface area contributed by atoms with Crippen molar-refractivity contribution in [2.75, 3.05) is 5.32 Å². The summed E-state index contributed by atoms with van der Waals surface area (Å²) in [5, 5.41) is 13.3. The maximum atomic E-state index is 12.2. The highest BCUT2D eigenvalue weighted by Crippen LogP contribution is 2.17. The molecule has 0 bridgehead atoms. The standard InChI is InChI=1S/C20H19N3O7/c1-13(19(25)21-14-6-4-7-15(12-14)23(27)28)29-18(24)10-5-11-22-16-8-2-3-9-17(16)30-20(22)26/h2-4,6-9,12-13H,5,10-11H2,1H3,(H,21,25). The summed E-state index contributed by atoms with van der Waals surface area (Å²) in [5.41, 5.74) is 1.17. The second-order valence-corrected chi connectivity index (χ2v) is 6.52. The molecule has 2 aromatic carbocycles. The Morgan fingerprint density at radius 2 is 2.00 bits per heavy atom. The normalized spacial score (nSPS) is 11.8. The first kappa shape index (κ1) is 20.8. The average molecular weight is 413 g/mol. The van der Waals surface area contributed by atoms with Crippen LogP contribution in [0.3, 0.4) is 0 Å². The molecule has 0 aliphatic rings. The van der Waals surface area contributed by atoms with E-state index in [9.17, 15) is 24.5 Å². The van der Waals surface area contributed by atoms with Gasteiger partial charge in [-0.2, -0.15) is 0 Å². The van der Waals surface area contributed by atoms with Gasteiger partial charge in [0.2, 0.25) is 0 Å². The van der Waals surface area contributed by atoms with Crippen LogP contribution in [-0.4, -0.2) is 27.5 Å². The van der Waals surface area contributed by atoms with E-state index in [1.807, 2.05) is 0 Å². The van der Waals surface area contributed by atoms with Crippen LogP contribution in [0.15, 0.2) is 57.7 Å². The highest BCUT2D eigenvalue weighted by atomic mass is 16.6. The van der Waals surface area contributed by atoms with Crippen LogP contribution in [-0.2, 0) is 20.9 Å². The third kappa shape index (κ3) is 4.90. The smallest absolute Gasteiger partial charge is 0.419 e. The van der Waals surface area contributed by atoms with Gasteiger partial charge in [0.25, 0.3) is 11.6 Å². The third-order valence-corrected chi connectivity index (χ3v) is 4.34. The number of nitro benzene ring substituents is 1. The van der Waals surface area contributed by atoms with Crippen LogP contribution >= 0.6 is 0 Å². The number of para-hydroxylation sites is 2. The monoisotopic (exact) mass is 413 g/mol. The highest BCUT2D eigenvalue weighted by Gasteiger charge is 2.19. The van der Waals surface area contributed by atoms with Crippen molar-refractivity contribution >= 4 is 34.4 Å². The van der Waals surface area contributed by atoms with Crippen molar-refractivity contribution in [3.63, 3.8) is 0 Å². The maximum Gasteiger partial charge on any atom is 0.419 e. The summed E-state index contributed by atoms with van der Waals surface area (Å²) >= 11 is 0. The second kappa shape index (κ2) is 9.03. The number of fused-ring (bicyclic) bond motifs is 1. The number of nitrogens with zero attached hydrogens (tertiary/aromatic N) is 2. The van der Waals surface area contributed by atoms with E-state index in [-0.39, 0.29) is 24.3 Å². The van der Waals surface area contributed by atoms with E-state index >= 15 is 0 Å². The summed E-state index contributed by atoms with van der Waals surface area (Å²) in [5.74, 6) is -1.72. The molecule has 0 radical (unpaired) electrons. The van der Waals surface area contributed by atoms with E-state index < -0.39 is 28.7 Å². The van der Waals surface area contributed by atoms with Gasteiger partial charge in [0.15, 0.2) is 11.7 Å². The van der Waals surface area contributed by atoms with Gasteiger partial charge < -0.3 is 14.5 Å². The van der Waals surface area contributed by atoms with E-state index in [0.29, 0.717) is 17.5 Å². The minimum Gasteiger partial charge on any atom is -0.453 e. The molecule has 1 heterocycles. The van der Waals surface area contributed by atoms with Crippen LogP contribution in [0.1, 0.15) is 19.8 Å². The predicted molar refractivity (Wildman–Crippen MR) is 107 cm³/mol. The quantitative estimate of drug-likeness (QED) is 0.341. The van der Waals surface area contributed by atoms with Crippen molar-refractivity contribution in [1.29, 1.82) is 0 Å². The molecule has 1 amide bonds. The molecule has 1 N–H and O–H groups in total. The van der Waals surface area contributed by atoms with Crippen molar-refractivity contribution in [2.45, 2.75) is 32.4 Å². The van der Waals surface area contributed by atoms with Gasteiger partial charge in [-0.25, -0.2) is 4.79 Å². The molecule has 156 valence electrons. The topological polar surface area (TPSA) is 134 Å². The van der Waals surface area contributed by atoms with Crippen LogP contribution in [0.2, 0.25) is 0 Å². The summed E-state index contributed by atoms with van der Waals surface area (Å²) in [4.78, 5) is 46.3. The maximum absolute atomic E-state index is 12.2. The molecule has 0 spiro atoms. The van der Waals surface area contributed by atoms with E-state index in [0.717, 1.165) is 0 Å². The number of non-ortho nitro benzene ring substituents is 1. The number of hydrogen-bond donors (Lipinski definition) is 1. The number of aryl methyl sites for hydroxylation is 1. The van der Waals surface area contributed by atoms with Crippen molar-refractivity contribution in [1.82, 2.24) is 4.57 Å². The van der Waals surface area contributed by atoms with Gasteiger partial charge in [-0.05, 0) is 31.5 Å². The minimum atomic E-state index is -1.09. The largest absolute Gasteiger partial charge is 0.453 e. The van der Waals surface area contributed by atoms with Crippen LogP contribution in [0.5, 0.6) is 0 Å².